The molecule has 0 radical (unpaired) electrons. The van der Waals surface area contributed by atoms with E-state index in [4.69, 9.17) is 79.8 Å². The van der Waals surface area contributed by atoms with E-state index in [9.17, 15) is 0 Å². The van der Waals surface area contributed by atoms with Crippen molar-refractivity contribution in [2.24, 2.45) is 39.9 Å². The summed E-state index contributed by atoms with van der Waals surface area (Å²) in [5.41, 5.74) is 27.1. The molecule has 26 nitrogen and oxygen atoms in total. The number of aryl methyl sites for hydroxylation is 8. The van der Waals surface area contributed by atoms with Crippen molar-refractivity contribution >= 4 is 95.2 Å². The van der Waals surface area contributed by atoms with E-state index in [1.165, 1.54) is 0 Å². The Kier molecular flexibility index (Phi) is 50.1. The minimum absolute atomic E-state index is 0. The molecule has 144 heavy (non-hydrogen) atoms. The predicted molar refractivity (Wildman–Crippen MR) is 556 cm³/mol. The fourth-order valence-electron chi connectivity index (χ4n) is 13.8. The second-order valence-corrected chi connectivity index (χ2v) is 34.5. The van der Waals surface area contributed by atoms with Gasteiger partial charge in [-0.25, -0.2) is 0 Å². The van der Waals surface area contributed by atoms with Crippen LogP contribution in [0.5, 0.6) is 0 Å². The molecule has 0 aliphatic carbocycles. The van der Waals surface area contributed by atoms with E-state index in [1.54, 1.807) is 124 Å². The average molecular weight is 2420 g/mol. The van der Waals surface area contributed by atoms with Crippen molar-refractivity contribution in [2.75, 3.05) is 0 Å². The van der Waals surface area contributed by atoms with Gasteiger partial charge in [0.25, 0.3) is 0 Å². The summed E-state index contributed by atoms with van der Waals surface area (Å²) in [4.78, 5) is 101. The molecule has 2 aliphatic rings. The smallest absolute Gasteiger partial charge is 2.00 e. The van der Waals surface area contributed by atoms with Crippen LogP contribution in [0.4, 0.5) is 45.5 Å². The van der Waals surface area contributed by atoms with Crippen LogP contribution in [0.15, 0.2) is 369 Å². The third-order valence-corrected chi connectivity index (χ3v) is 22.9. The molecule has 30 heteroatoms. The largest absolute Gasteiger partial charge is 3.00 e. The number of aliphatic imine (C=N–C) groups is 8. The molecule has 4 aromatic carbocycles. The molecular formula is C114H110N22O4Sc2U2-10. The number of fused-ring (bicyclic) bond motifs is 20. The van der Waals surface area contributed by atoms with Crippen LogP contribution < -0.4 is 39.9 Å². The number of rotatable bonds is 0. The SMILES string of the molecule is Cc1cc2c(cc1C)N=Cc1ccc([n-]1)C(C)(C)c1ccc([n-]1)C=Nc1cc(C)c(C)cc1N=Cc1ccc([n-]1)C(C)(C)c1ccc([n-]1)C=N2.Cc1cc2c(cc1C)N=Cc1ccc([n-]1)C(C)(C)c1ccc([n-]1)C=Nc1cc(C)c(C)cc1N=Cc1ccc([n-]1)C(C)(C)c1ccc([n-]1)C=N2.[O-2].[O-2].[O-2].[O-2].[Sc+3].[Sc+3].[U].[U].c1ccncc1.c1ccncc1.c1ccncc1.c1ccncc1.c1ccncc1.c1ccncc1. The number of nitrogens with zero attached hydrogens (tertiary/aromatic N) is 22. The van der Waals surface area contributed by atoms with Gasteiger partial charge in [-0.05, 0) is 243 Å². The fraction of sp³-hybridized carbons (Fsp3) is 0.175. The van der Waals surface area contributed by atoms with Crippen LogP contribution in [0, 0.1) is 118 Å². The van der Waals surface area contributed by atoms with Crippen molar-refractivity contribution in [3.8, 4) is 0 Å². The van der Waals surface area contributed by atoms with Gasteiger partial charge in [-0.2, -0.15) is 45.6 Å². The number of hydrogen-bond donors (Lipinski definition) is 0. The number of aromatic nitrogens is 14. The normalized spacial score (nSPS) is 12.6. The first-order valence-electron chi connectivity index (χ1n) is 44.7. The van der Waals surface area contributed by atoms with E-state index in [1.807, 2.05) is 206 Å². The first kappa shape index (κ1) is 122. The van der Waals surface area contributed by atoms with Crippen LogP contribution in [0.3, 0.4) is 0 Å². The van der Waals surface area contributed by atoms with Gasteiger partial charge in [0.1, 0.15) is 0 Å². The predicted octanol–water partition coefficient (Wildman–Crippen LogP) is 23.4. The van der Waals surface area contributed by atoms with Crippen LogP contribution in [0.2, 0.25) is 0 Å². The Labute approximate surface area is 928 Å². The standard InChI is InChI=1S/2C42H40N8.6C5H5N.4O.2Sc.2U/c2*1-25-17-33-34(18-26(25)2)44-22-30-10-14-38(48-30)42(7,8)40-16-12-32(50-40)24-46-36-20-28(4)27(3)19-35(36)45-23-31-11-15-39(49-31)41(5,6)37-13-9-29(47-37)21-43-33;6*1-2-4-6-5-3-1;;;;;;;;/h2*9-24H,1-8H3;6*1-5H;;;;;;;;/q2*-4;;;;;;;4*-2;2*+3;;. The Bertz CT molecular complexity index is 5740. The second-order valence-electron chi connectivity index (χ2n) is 34.5. The molecule has 0 N–H and O–H groups in total. The second kappa shape index (κ2) is 59.3. The van der Waals surface area contributed by atoms with Gasteiger partial charge in [-0.15, -0.1) is 45.6 Å². The van der Waals surface area contributed by atoms with Crippen LogP contribution in [-0.4, -0.2) is 79.6 Å². The minimum Gasteiger partial charge on any atom is -2.00 e. The van der Waals surface area contributed by atoms with Gasteiger partial charge in [0.15, 0.2) is 0 Å². The van der Waals surface area contributed by atoms with Crippen molar-refractivity contribution in [1.29, 1.82) is 0 Å². The Morgan fingerprint density at radius 1 is 0.167 bits per heavy atom. The molecule has 16 heterocycles. The van der Waals surface area contributed by atoms with E-state index in [0.717, 1.165) is 181 Å². The topological polar surface area (TPSA) is 403 Å². The molecule has 2 aliphatic heterocycles. The van der Waals surface area contributed by atoms with Gasteiger partial charge in [-0.1, -0.05) is 189 Å². The Balaban J connectivity index is 0.000000358. The maximum absolute atomic E-state index is 4.94. The van der Waals surface area contributed by atoms with Crippen molar-refractivity contribution in [1.82, 2.24) is 69.8 Å². The first-order chi connectivity index (χ1) is 65.7. The van der Waals surface area contributed by atoms with Crippen LogP contribution in [-0.2, 0) is 95.3 Å². The maximum atomic E-state index is 4.94. The molecule has 0 saturated carbocycles. The van der Waals surface area contributed by atoms with E-state index >= 15 is 0 Å². The van der Waals surface area contributed by atoms with Gasteiger partial charge in [-0.3, -0.25) is 69.8 Å². The molecule has 0 amide bonds. The summed E-state index contributed by atoms with van der Waals surface area (Å²) in [6, 6.07) is 83.1. The van der Waals surface area contributed by atoms with Crippen LogP contribution in [0.25, 0.3) is 0 Å². The molecule has 0 saturated heterocycles. The summed E-state index contributed by atoms with van der Waals surface area (Å²) >= 11 is 0. The van der Waals surface area contributed by atoms with Crippen molar-refractivity contribution in [3.63, 3.8) is 0 Å². The molecule has 14 aromatic heterocycles. The molecule has 0 spiro atoms. The summed E-state index contributed by atoms with van der Waals surface area (Å²) < 4.78 is 0. The summed E-state index contributed by atoms with van der Waals surface area (Å²) in [6.45, 7) is 33.7. The Hall–Kier alpha value is -12.9. The summed E-state index contributed by atoms with van der Waals surface area (Å²) in [5.74, 6) is 0. The molecular weight excluding hydrogens is 2310 g/mol. The van der Waals surface area contributed by atoms with Crippen LogP contribution in [0.1, 0.15) is 191 Å². The minimum atomic E-state index is -0.430. The molecule has 18 aromatic rings. The number of hydrogen-bond acceptors (Lipinski definition) is 14. The van der Waals surface area contributed by atoms with Crippen molar-refractivity contribution < 1.29 is 136 Å². The quantitative estimate of drug-likeness (QED) is 0.136. The van der Waals surface area contributed by atoms with Gasteiger partial charge >= 0.3 is 51.7 Å². The molecule has 724 valence electrons. The molecule has 16 bridgehead atoms. The van der Waals surface area contributed by atoms with E-state index in [2.05, 4.69) is 189 Å². The Morgan fingerprint density at radius 2 is 0.271 bits per heavy atom. The summed E-state index contributed by atoms with van der Waals surface area (Å²) in [5, 5.41) is 0. The zero-order chi connectivity index (χ0) is 95.9. The third-order valence-electron chi connectivity index (χ3n) is 22.9. The fourth-order valence-corrected chi connectivity index (χ4v) is 13.8. The van der Waals surface area contributed by atoms with Gasteiger partial charge in [0.05, 0.1) is 45.5 Å². The third kappa shape index (κ3) is 34.7. The van der Waals surface area contributed by atoms with E-state index in [0.29, 0.717) is 0 Å². The zero-order valence-electron chi connectivity index (χ0n) is 83.4. The molecule has 0 fully saturated rings. The Morgan fingerprint density at radius 3 is 0.354 bits per heavy atom. The summed E-state index contributed by atoms with van der Waals surface area (Å²) in [6.07, 6.45) is 35.4. The summed E-state index contributed by atoms with van der Waals surface area (Å²) in [7, 11) is 0. The van der Waals surface area contributed by atoms with Crippen LogP contribution >= 0.6 is 0 Å². The maximum Gasteiger partial charge on any atom is 3.00 e. The number of benzene rings is 4. The van der Waals surface area contributed by atoms with Gasteiger partial charge in [0.2, 0.25) is 0 Å². The van der Waals surface area contributed by atoms with E-state index in [-0.39, 0.29) is 136 Å². The molecule has 20 rings (SSSR count). The first-order valence-corrected chi connectivity index (χ1v) is 44.7. The van der Waals surface area contributed by atoms with E-state index < -0.39 is 21.7 Å². The van der Waals surface area contributed by atoms with Gasteiger partial charge < -0.3 is 61.8 Å². The van der Waals surface area contributed by atoms with Crippen molar-refractivity contribution in [2.45, 2.75) is 132 Å². The molecule has 0 atom stereocenters. The zero-order valence-corrected chi connectivity index (χ0v) is 95.4. The average Bonchev–Trinajstić information content (AvgIpc) is 1.65. The number of pyridine rings is 6. The van der Waals surface area contributed by atoms with Gasteiger partial charge in [0, 0.05) is 186 Å². The monoisotopic (exact) mass is 2420 g/mol. The molecule has 0 unspecified atom stereocenters. The van der Waals surface area contributed by atoms with Crippen molar-refractivity contribution in [3.05, 3.63) is 465 Å².